The number of esters is 1. The van der Waals surface area contributed by atoms with Crippen molar-refractivity contribution in [3.05, 3.63) is 46.8 Å². The van der Waals surface area contributed by atoms with Crippen LogP contribution in [0.15, 0.2) is 41.3 Å². The van der Waals surface area contributed by atoms with Crippen molar-refractivity contribution in [2.75, 3.05) is 7.11 Å². The minimum Gasteiger partial charge on any atom is -0.465 e. The zero-order chi connectivity index (χ0) is 14.1. The van der Waals surface area contributed by atoms with E-state index < -0.39 is 5.97 Å². The van der Waals surface area contributed by atoms with Crippen LogP contribution in [0.4, 0.5) is 0 Å². The highest BCUT2D eigenvalue weighted by atomic mass is 79.9. The fourth-order valence-corrected chi connectivity index (χ4v) is 2.15. The Balaban J connectivity index is 2.09. The molecule has 0 aliphatic rings. The summed E-state index contributed by atoms with van der Waals surface area (Å²) in [5.74, 6) is 0.141. The largest absolute Gasteiger partial charge is 0.465 e. The molecule has 0 saturated heterocycles. The molecule has 0 N–H and O–H groups in total. The standard InChI is InChI=1S/C13H9BrN4O2/c1-20-13(19)8-2-3-18-11(5-8)16-12(17-18)9-4-10(14)7-15-6-9/h2-7H,1H3. The van der Waals surface area contributed by atoms with E-state index in [-0.39, 0.29) is 0 Å². The number of fused-ring (bicyclic) bond motifs is 1. The van der Waals surface area contributed by atoms with Crippen molar-refractivity contribution in [3.8, 4) is 11.4 Å². The summed E-state index contributed by atoms with van der Waals surface area (Å²) in [6.07, 6.45) is 5.04. The molecule has 3 aromatic heterocycles. The van der Waals surface area contributed by atoms with Crippen LogP contribution in [0.2, 0.25) is 0 Å². The third-order valence-electron chi connectivity index (χ3n) is 2.72. The van der Waals surface area contributed by atoms with Crippen LogP contribution >= 0.6 is 15.9 Å². The summed E-state index contributed by atoms with van der Waals surface area (Å²) in [4.78, 5) is 19.9. The fourth-order valence-electron chi connectivity index (χ4n) is 1.78. The van der Waals surface area contributed by atoms with Gasteiger partial charge in [0.15, 0.2) is 11.5 Å². The molecule has 6 nitrogen and oxygen atoms in total. The highest BCUT2D eigenvalue weighted by Crippen LogP contribution is 2.19. The van der Waals surface area contributed by atoms with E-state index in [9.17, 15) is 4.79 Å². The normalized spacial score (nSPS) is 10.7. The van der Waals surface area contributed by atoms with Gasteiger partial charge >= 0.3 is 5.97 Å². The van der Waals surface area contributed by atoms with Gasteiger partial charge < -0.3 is 4.74 Å². The van der Waals surface area contributed by atoms with Crippen LogP contribution in [0.5, 0.6) is 0 Å². The van der Waals surface area contributed by atoms with E-state index >= 15 is 0 Å². The van der Waals surface area contributed by atoms with E-state index in [0.717, 1.165) is 10.0 Å². The second-order valence-electron chi connectivity index (χ2n) is 4.04. The van der Waals surface area contributed by atoms with Crippen molar-refractivity contribution in [2.24, 2.45) is 0 Å². The van der Waals surface area contributed by atoms with E-state index in [0.29, 0.717) is 17.0 Å². The Kier molecular flexibility index (Phi) is 3.19. The number of carbonyl (C=O) groups is 1. The van der Waals surface area contributed by atoms with Gasteiger partial charge in [-0.2, -0.15) is 0 Å². The third-order valence-corrected chi connectivity index (χ3v) is 3.16. The number of nitrogens with zero attached hydrogens (tertiary/aromatic N) is 4. The van der Waals surface area contributed by atoms with Crippen molar-refractivity contribution in [1.29, 1.82) is 0 Å². The molecular weight excluding hydrogens is 324 g/mol. The molecule has 0 aliphatic carbocycles. The predicted octanol–water partition coefficient (Wildman–Crippen LogP) is 2.34. The first-order valence-electron chi connectivity index (χ1n) is 5.73. The Morgan fingerprint density at radius 2 is 2.20 bits per heavy atom. The van der Waals surface area contributed by atoms with Crippen molar-refractivity contribution >= 4 is 27.5 Å². The van der Waals surface area contributed by atoms with Crippen LogP contribution in [-0.2, 0) is 4.74 Å². The van der Waals surface area contributed by atoms with Gasteiger partial charge in [0.05, 0.1) is 12.7 Å². The highest BCUT2D eigenvalue weighted by molar-refractivity contribution is 9.10. The molecule has 0 fully saturated rings. The number of methoxy groups -OCH3 is 1. The molecule has 0 saturated carbocycles. The maximum Gasteiger partial charge on any atom is 0.338 e. The number of hydrogen-bond donors (Lipinski definition) is 0. The summed E-state index contributed by atoms with van der Waals surface area (Å²) in [6.45, 7) is 0. The van der Waals surface area contributed by atoms with Gasteiger partial charge in [-0.15, -0.1) is 5.10 Å². The lowest BCUT2D eigenvalue weighted by atomic mass is 10.2. The summed E-state index contributed by atoms with van der Waals surface area (Å²) in [5.41, 5.74) is 1.80. The minimum absolute atomic E-state index is 0.402. The average Bonchev–Trinajstić information content (AvgIpc) is 2.89. The Morgan fingerprint density at radius 1 is 1.35 bits per heavy atom. The van der Waals surface area contributed by atoms with E-state index in [4.69, 9.17) is 0 Å². The molecule has 20 heavy (non-hydrogen) atoms. The van der Waals surface area contributed by atoms with Gasteiger partial charge in [0.2, 0.25) is 0 Å². The summed E-state index contributed by atoms with van der Waals surface area (Å²) >= 11 is 3.36. The molecule has 0 radical (unpaired) electrons. The van der Waals surface area contributed by atoms with Crippen LogP contribution in [0.3, 0.4) is 0 Å². The molecule has 0 unspecified atom stereocenters. The van der Waals surface area contributed by atoms with E-state index in [2.05, 4.69) is 35.7 Å². The lowest BCUT2D eigenvalue weighted by Gasteiger charge is -1.97. The Labute approximate surface area is 122 Å². The lowest BCUT2D eigenvalue weighted by molar-refractivity contribution is 0.0600. The van der Waals surface area contributed by atoms with Crippen LogP contribution in [-0.4, -0.2) is 32.7 Å². The molecule has 3 rings (SSSR count). The van der Waals surface area contributed by atoms with E-state index in [1.807, 2.05) is 6.07 Å². The maximum atomic E-state index is 11.5. The van der Waals surface area contributed by atoms with Crippen molar-refractivity contribution < 1.29 is 9.53 Å². The third kappa shape index (κ3) is 2.27. The number of pyridine rings is 2. The van der Waals surface area contributed by atoms with Gasteiger partial charge in [-0.1, -0.05) is 0 Å². The molecule has 0 aliphatic heterocycles. The summed E-state index contributed by atoms with van der Waals surface area (Å²) < 4.78 is 7.13. The van der Waals surface area contributed by atoms with Gasteiger partial charge in [-0.3, -0.25) is 4.98 Å². The zero-order valence-electron chi connectivity index (χ0n) is 10.4. The smallest absolute Gasteiger partial charge is 0.338 e. The molecule has 0 aromatic carbocycles. The van der Waals surface area contributed by atoms with Crippen LogP contribution in [0.25, 0.3) is 17.0 Å². The number of aromatic nitrogens is 4. The monoisotopic (exact) mass is 332 g/mol. The highest BCUT2D eigenvalue weighted by Gasteiger charge is 2.10. The van der Waals surface area contributed by atoms with Crippen molar-refractivity contribution in [2.45, 2.75) is 0 Å². The molecule has 100 valence electrons. The molecule has 3 heterocycles. The second-order valence-corrected chi connectivity index (χ2v) is 4.95. The topological polar surface area (TPSA) is 69.4 Å². The zero-order valence-corrected chi connectivity index (χ0v) is 12.0. The molecule has 0 atom stereocenters. The maximum absolute atomic E-state index is 11.5. The van der Waals surface area contributed by atoms with Gasteiger partial charge in [-0.05, 0) is 34.1 Å². The molecule has 0 amide bonds. The number of hydrogen-bond acceptors (Lipinski definition) is 5. The van der Waals surface area contributed by atoms with Gasteiger partial charge in [-0.25, -0.2) is 14.3 Å². The minimum atomic E-state index is -0.402. The molecule has 0 spiro atoms. The lowest BCUT2D eigenvalue weighted by Crippen LogP contribution is -2.02. The number of halogens is 1. The summed E-state index contributed by atoms with van der Waals surface area (Å²) in [5, 5.41) is 4.34. The van der Waals surface area contributed by atoms with E-state index in [1.165, 1.54) is 7.11 Å². The van der Waals surface area contributed by atoms with Crippen LogP contribution in [0.1, 0.15) is 10.4 Å². The Morgan fingerprint density at radius 3 is 2.95 bits per heavy atom. The first-order valence-corrected chi connectivity index (χ1v) is 6.52. The number of rotatable bonds is 2. The number of ether oxygens (including phenoxy) is 1. The molecular formula is C13H9BrN4O2. The van der Waals surface area contributed by atoms with Gasteiger partial charge in [0, 0.05) is 28.6 Å². The molecule has 3 aromatic rings. The Bertz CT molecular complexity index is 800. The van der Waals surface area contributed by atoms with Gasteiger partial charge in [0.1, 0.15) is 0 Å². The first-order chi connectivity index (χ1) is 9.67. The van der Waals surface area contributed by atoms with Crippen molar-refractivity contribution in [3.63, 3.8) is 0 Å². The predicted molar refractivity (Wildman–Crippen MR) is 75.3 cm³/mol. The quantitative estimate of drug-likeness (QED) is 0.673. The fraction of sp³-hybridized carbons (Fsp3) is 0.0769. The van der Waals surface area contributed by atoms with Crippen LogP contribution in [0, 0.1) is 0 Å². The molecule has 7 heteroatoms. The average molecular weight is 333 g/mol. The Hall–Kier alpha value is -2.28. The van der Waals surface area contributed by atoms with E-state index in [1.54, 1.807) is 35.2 Å². The van der Waals surface area contributed by atoms with Crippen molar-refractivity contribution in [1.82, 2.24) is 19.6 Å². The van der Waals surface area contributed by atoms with Gasteiger partial charge in [0.25, 0.3) is 0 Å². The van der Waals surface area contributed by atoms with Crippen LogP contribution < -0.4 is 0 Å². The summed E-state index contributed by atoms with van der Waals surface area (Å²) in [7, 11) is 1.34. The second kappa shape index (κ2) is 5.01. The first kappa shape index (κ1) is 12.7. The summed E-state index contributed by atoms with van der Waals surface area (Å²) in [6, 6.07) is 5.15. The SMILES string of the molecule is COC(=O)c1ccn2nc(-c3cncc(Br)c3)nc2c1. The number of carbonyl (C=O) groups excluding carboxylic acids is 1. The molecule has 0 bridgehead atoms.